The lowest BCUT2D eigenvalue weighted by Crippen LogP contribution is -2.54. The maximum absolute atomic E-state index is 12.0. The molecule has 3 unspecified atom stereocenters. The summed E-state index contributed by atoms with van der Waals surface area (Å²) in [7, 11) is 3.51. The molecule has 0 aromatic heterocycles. The standard InChI is InChI=1S/C18H32N4O4/c1-21(2)17(23)11-20-18(19-10-14-5-8-24-13-14)22-6-9-26-16(12-22)15-4-3-7-25-15/h14-16H,3-13H2,1-2H3,(H,19,20). The van der Waals surface area contributed by atoms with Gasteiger partial charge in [-0.25, -0.2) is 4.99 Å². The van der Waals surface area contributed by atoms with Crippen molar-refractivity contribution in [1.29, 1.82) is 0 Å². The molecule has 3 atom stereocenters. The first kappa shape index (κ1) is 19.4. The number of carbonyl (C=O) groups excluding carboxylic acids is 1. The molecule has 3 aliphatic heterocycles. The third kappa shape index (κ3) is 5.31. The van der Waals surface area contributed by atoms with Gasteiger partial charge in [-0.2, -0.15) is 0 Å². The van der Waals surface area contributed by atoms with Crippen LogP contribution < -0.4 is 5.32 Å². The molecule has 3 aliphatic rings. The summed E-state index contributed by atoms with van der Waals surface area (Å²) in [6.45, 7) is 5.58. The van der Waals surface area contributed by atoms with E-state index in [1.165, 1.54) is 0 Å². The fraction of sp³-hybridized carbons (Fsp3) is 0.889. The zero-order valence-corrected chi connectivity index (χ0v) is 16.0. The van der Waals surface area contributed by atoms with Gasteiger partial charge in [-0.15, -0.1) is 0 Å². The van der Waals surface area contributed by atoms with Gasteiger partial charge in [0.25, 0.3) is 0 Å². The Kier molecular flexibility index (Phi) is 7.10. The Morgan fingerprint density at radius 3 is 2.73 bits per heavy atom. The van der Waals surface area contributed by atoms with Gasteiger partial charge in [0.2, 0.25) is 5.91 Å². The Hall–Kier alpha value is -1.38. The first-order valence-electron chi connectivity index (χ1n) is 9.68. The minimum atomic E-state index is -0.00237. The van der Waals surface area contributed by atoms with Gasteiger partial charge in [0.1, 0.15) is 12.6 Å². The van der Waals surface area contributed by atoms with E-state index in [-0.39, 0.29) is 24.7 Å². The maximum atomic E-state index is 12.0. The summed E-state index contributed by atoms with van der Waals surface area (Å²) in [5, 5.41) is 3.47. The monoisotopic (exact) mass is 368 g/mol. The van der Waals surface area contributed by atoms with Crippen molar-refractivity contribution in [2.24, 2.45) is 10.9 Å². The number of guanidine groups is 1. The number of amides is 1. The highest BCUT2D eigenvalue weighted by Gasteiger charge is 2.32. The topological polar surface area (TPSA) is 75.6 Å². The van der Waals surface area contributed by atoms with Gasteiger partial charge < -0.3 is 29.3 Å². The first-order valence-corrected chi connectivity index (χ1v) is 9.68. The van der Waals surface area contributed by atoms with Crippen molar-refractivity contribution in [1.82, 2.24) is 15.1 Å². The number of ether oxygens (including phenoxy) is 3. The highest BCUT2D eigenvalue weighted by Crippen LogP contribution is 2.21. The van der Waals surface area contributed by atoms with E-state index >= 15 is 0 Å². The van der Waals surface area contributed by atoms with E-state index in [0.29, 0.717) is 12.5 Å². The van der Waals surface area contributed by atoms with Crippen LogP contribution in [0.5, 0.6) is 0 Å². The Morgan fingerprint density at radius 1 is 1.19 bits per heavy atom. The van der Waals surface area contributed by atoms with Gasteiger partial charge in [-0.3, -0.25) is 4.79 Å². The Bertz CT molecular complexity index is 488. The van der Waals surface area contributed by atoms with Gasteiger partial charge >= 0.3 is 0 Å². The lowest BCUT2D eigenvalue weighted by Gasteiger charge is -2.37. The second-order valence-corrected chi connectivity index (χ2v) is 7.45. The molecule has 1 amide bonds. The molecule has 0 spiro atoms. The highest BCUT2D eigenvalue weighted by molar-refractivity contribution is 5.85. The molecule has 0 aliphatic carbocycles. The summed E-state index contributed by atoms with van der Waals surface area (Å²) < 4.78 is 17.2. The molecular weight excluding hydrogens is 336 g/mol. The molecule has 0 aromatic carbocycles. The smallest absolute Gasteiger partial charge is 0.243 e. The number of hydrogen-bond donors (Lipinski definition) is 1. The van der Waals surface area contributed by atoms with Crippen LogP contribution in [-0.4, -0.2) is 101 Å². The summed E-state index contributed by atoms with van der Waals surface area (Å²) in [4.78, 5) is 20.3. The number of nitrogens with zero attached hydrogens (tertiary/aromatic N) is 3. The minimum Gasteiger partial charge on any atom is -0.381 e. The molecule has 148 valence electrons. The van der Waals surface area contributed by atoms with Crippen molar-refractivity contribution < 1.29 is 19.0 Å². The average Bonchev–Trinajstić information content (AvgIpc) is 3.35. The summed E-state index contributed by atoms with van der Waals surface area (Å²) in [5.41, 5.74) is 0. The van der Waals surface area contributed by atoms with Crippen LogP contribution in [0, 0.1) is 5.92 Å². The van der Waals surface area contributed by atoms with Gasteiger partial charge in [0.15, 0.2) is 5.96 Å². The lowest BCUT2D eigenvalue weighted by molar-refractivity contribution is -0.127. The van der Waals surface area contributed by atoms with E-state index < -0.39 is 0 Å². The molecule has 3 fully saturated rings. The first-order chi connectivity index (χ1) is 12.6. The van der Waals surface area contributed by atoms with Crippen LogP contribution in [0.3, 0.4) is 0 Å². The largest absolute Gasteiger partial charge is 0.381 e. The van der Waals surface area contributed by atoms with Crippen molar-refractivity contribution in [3.63, 3.8) is 0 Å². The molecule has 3 saturated heterocycles. The third-order valence-electron chi connectivity index (χ3n) is 5.21. The molecule has 8 heteroatoms. The third-order valence-corrected chi connectivity index (χ3v) is 5.21. The molecule has 8 nitrogen and oxygen atoms in total. The summed E-state index contributed by atoms with van der Waals surface area (Å²) in [5.74, 6) is 1.29. The number of hydrogen-bond acceptors (Lipinski definition) is 5. The van der Waals surface area contributed by atoms with E-state index in [1.807, 2.05) is 0 Å². The molecule has 3 heterocycles. The van der Waals surface area contributed by atoms with E-state index in [0.717, 1.165) is 64.7 Å². The SMILES string of the molecule is CN(C)C(=O)CN=C(NCC1CCOC1)N1CCOC(C2CCCO2)C1. The Labute approximate surface area is 155 Å². The van der Waals surface area contributed by atoms with Crippen LogP contribution >= 0.6 is 0 Å². The number of rotatable bonds is 5. The maximum Gasteiger partial charge on any atom is 0.243 e. The number of nitrogens with one attached hydrogen (secondary N) is 1. The fourth-order valence-electron chi connectivity index (χ4n) is 3.52. The molecule has 1 N–H and O–H groups in total. The van der Waals surface area contributed by atoms with Crippen LogP contribution in [-0.2, 0) is 19.0 Å². The van der Waals surface area contributed by atoms with Gasteiger partial charge in [0, 0.05) is 52.9 Å². The highest BCUT2D eigenvalue weighted by atomic mass is 16.5. The summed E-state index contributed by atoms with van der Waals surface area (Å²) in [6, 6.07) is 0. The van der Waals surface area contributed by atoms with Crippen LogP contribution in [0.1, 0.15) is 19.3 Å². The molecule has 3 rings (SSSR count). The van der Waals surface area contributed by atoms with Crippen molar-refractivity contribution in [3.05, 3.63) is 0 Å². The van der Waals surface area contributed by atoms with E-state index in [9.17, 15) is 4.79 Å². The number of morpholine rings is 1. The quantitative estimate of drug-likeness (QED) is 0.541. The minimum absolute atomic E-state index is 0.00237. The number of aliphatic imine (C=N–C) groups is 1. The number of carbonyl (C=O) groups is 1. The van der Waals surface area contributed by atoms with Crippen LogP contribution in [0.2, 0.25) is 0 Å². The van der Waals surface area contributed by atoms with E-state index in [2.05, 4.69) is 15.2 Å². The Morgan fingerprint density at radius 2 is 2.04 bits per heavy atom. The molecule has 0 radical (unpaired) electrons. The van der Waals surface area contributed by atoms with Gasteiger partial charge in [0.05, 0.1) is 19.3 Å². The van der Waals surface area contributed by atoms with E-state index in [1.54, 1.807) is 19.0 Å². The van der Waals surface area contributed by atoms with Crippen LogP contribution in [0.25, 0.3) is 0 Å². The van der Waals surface area contributed by atoms with Crippen molar-refractivity contribution in [2.45, 2.75) is 31.5 Å². The second kappa shape index (κ2) is 9.53. The molecule has 0 bridgehead atoms. The Balaban J connectivity index is 1.62. The van der Waals surface area contributed by atoms with Crippen LogP contribution in [0.4, 0.5) is 0 Å². The average molecular weight is 368 g/mol. The molecular formula is C18H32N4O4. The summed E-state index contributed by atoms with van der Waals surface area (Å²) in [6.07, 6.45) is 3.46. The van der Waals surface area contributed by atoms with Crippen molar-refractivity contribution in [3.8, 4) is 0 Å². The fourth-order valence-corrected chi connectivity index (χ4v) is 3.52. The molecule has 0 saturated carbocycles. The number of likely N-dealkylation sites (N-methyl/N-ethyl adjacent to an activating group) is 1. The predicted molar refractivity (Wildman–Crippen MR) is 98.2 cm³/mol. The second-order valence-electron chi connectivity index (χ2n) is 7.45. The normalized spacial score (nSPS) is 29.8. The van der Waals surface area contributed by atoms with Crippen LogP contribution in [0.15, 0.2) is 4.99 Å². The van der Waals surface area contributed by atoms with E-state index in [4.69, 9.17) is 14.2 Å². The summed E-state index contributed by atoms with van der Waals surface area (Å²) >= 11 is 0. The zero-order valence-electron chi connectivity index (χ0n) is 16.0. The van der Waals surface area contributed by atoms with Gasteiger partial charge in [-0.05, 0) is 19.3 Å². The predicted octanol–water partition coefficient (Wildman–Crippen LogP) is -0.0635. The molecule has 0 aromatic rings. The van der Waals surface area contributed by atoms with Crippen molar-refractivity contribution >= 4 is 11.9 Å². The lowest BCUT2D eigenvalue weighted by atomic mass is 10.1. The molecule has 26 heavy (non-hydrogen) atoms. The van der Waals surface area contributed by atoms with Crippen molar-refractivity contribution in [2.75, 3.05) is 66.7 Å². The zero-order chi connectivity index (χ0) is 18.4. The van der Waals surface area contributed by atoms with Gasteiger partial charge in [-0.1, -0.05) is 0 Å².